The second-order valence-corrected chi connectivity index (χ2v) is 9.08. The SMILES string of the molecule is O=C(CN1CCN(CC2CC2)c2ccccc21)NCC1(c2ccccc2)CCC1. The summed E-state index contributed by atoms with van der Waals surface area (Å²) in [6.07, 6.45) is 6.32. The minimum atomic E-state index is 0.137. The number of fused-ring (bicyclic) bond motifs is 1. The second-order valence-electron chi connectivity index (χ2n) is 9.08. The second kappa shape index (κ2) is 7.74. The molecule has 2 aliphatic carbocycles. The Morgan fingerprint density at radius 2 is 1.59 bits per heavy atom. The third-order valence-electron chi connectivity index (χ3n) is 7.03. The van der Waals surface area contributed by atoms with Crippen LogP contribution in [0.3, 0.4) is 0 Å². The summed E-state index contributed by atoms with van der Waals surface area (Å²) in [6, 6.07) is 19.3. The van der Waals surface area contributed by atoms with E-state index >= 15 is 0 Å². The fraction of sp³-hybridized carbons (Fsp3) is 0.480. The normalized spacial score (nSPS) is 20.0. The summed E-state index contributed by atoms with van der Waals surface area (Å²) < 4.78 is 0. The van der Waals surface area contributed by atoms with Crippen molar-refractivity contribution in [2.45, 2.75) is 37.5 Å². The molecular weight excluding hydrogens is 358 g/mol. The number of hydrogen-bond acceptors (Lipinski definition) is 3. The van der Waals surface area contributed by atoms with Crippen molar-refractivity contribution in [1.82, 2.24) is 5.32 Å². The van der Waals surface area contributed by atoms with Gasteiger partial charge < -0.3 is 15.1 Å². The van der Waals surface area contributed by atoms with E-state index in [1.165, 1.54) is 49.0 Å². The van der Waals surface area contributed by atoms with Gasteiger partial charge in [-0.1, -0.05) is 48.9 Å². The van der Waals surface area contributed by atoms with Gasteiger partial charge in [0.1, 0.15) is 0 Å². The van der Waals surface area contributed by atoms with Gasteiger partial charge in [-0.15, -0.1) is 0 Å². The molecule has 5 rings (SSSR count). The lowest BCUT2D eigenvalue weighted by Crippen LogP contribution is -2.50. The van der Waals surface area contributed by atoms with Crippen LogP contribution in [0.25, 0.3) is 0 Å². The fourth-order valence-corrected chi connectivity index (χ4v) is 4.91. The monoisotopic (exact) mass is 389 g/mol. The van der Waals surface area contributed by atoms with Crippen molar-refractivity contribution in [3.8, 4) is 0 Å². The summed E-state index contributed by atoms with van der Waals surface area (Å²) in [6.45, 7) is 4.28. The molecule has 2 aromatic carbocycles. The third-order valence-corrected chi connectivity index (χ3v) is 7.03. The molecule has 0 bridgehead atoms. The van der Waals surface area contributed by atoms with E-state index in [1.807, 2.05) is 0 Å². The first kappa shape index (κ1) is 18.5. The number of nitrogens with one attached hydrogen (secondary N) is 1. The van der Waals surface area contributed by atoms with Gasteiger partial charge in [-0.05, 0) is 49.3 Å². The predicted octanol–water partition coefficient (Wildman–Crippen LogP) is 3.96. The van der Waals surface area contributed by atoms with Crippen molar-refractivity contribution >= 4 is 17.3 Å². The summed E-state index contributed by atoms with van der Waals surface area (Å²) in [5, 5.41) is 3.26. The van der Waals surface area contributed by atoms with Crippen LogP contribution in [0.2, 0.25) is 0 Å². The third kappa shape index (κ3) is 3.85. The van der Waals surface area contributed by atoms with E-state index in [-0.39, 0.29) is 11.3 Å². The fourth-order valence-electron chi connectivity index (χ4n) is 4.91. The molecule has 29 heavy (non-hydrogen) atoms. The lowest BCUT2D eigenvalue weighted by atomic mass is 9.64. The minimum absolute atomic E-state index is 0.137. The Hall–Kier alpha value is -2.49. The number of nitrogens with zero attached hydrogens (tertiary/aromatic N) is 2. The Morgan fingerprint density at radius 1 is 0.931 bits per heavy atom. The smallest absolute Gasteiger partial charge is 0.239 e. The van der Waals surface area contributed by atoms with Crippen LogP contribution in [-0.2, 0) is 10.2 Å². The Bertz CT molecular complexity index is 857. The van der Waals surface area contributed by atoms with Gasteiger partial charge in [0.25, 0.3) is 0 Å². The van der Waals surface area contributed by atoms with Crippen LogP contribution in [0.15, 0.2) is 54.6 Å². The molecule has 2 saturated carbocycles. The molecule has 0 spiro atoms. The van der Waals surface area contributed by atoms with Gasteiger partial charge >= 0.3 is 0 Å². The molecule has 0 radical (unpaired) electrons. The number of carbonyl (C=O) groups is 1. The maximum absolute atomic E-state index is 12.8. The van der Waals surface area contributed by atoms with Crippen molar-refractivity contribution in [3.63, 3.8) is 0 Å². The number of anilines is 2. The quantitative estimate of drug-likeness (QED) is 0.779. The molecule has 0 unspecified atom stereocenters. The molecule has 2 fully saturated rings. The Morgan fingerprint density at radius 3 is 2.24 bits per heavy atom. The highest BCUT2D eigenvalue weighted by atomic mass is 16.2. The van der Waals surface area contributed by atoms with Crippen LogP contribution in [-0.4, -0.2) is 38.6 Å². The summed E-state index contributed by atoms with van der Waals surface area (Å²) >= 11 is 0. The summed E-state index contributed by atoms with van der Waals surface area (Å²) in [4.78, 5) is 17.6. The van der Waals surface area contributed by atoms with Crippen LogP contribution < -0.4 is 15.1 Å². The van der Waals surface area contributed by atoms with E-state index in [0.29, 0.717) is 6.54 Å². The van der Waals surface area contributed by atoms with E-state index < -0.39 is 0 Å². The molecule has 3 aliphatic rings. The van der Waals surface area contributed by atoms with E-state index in [0.717, 1.165) is 32.1 Å². The van der Waals surface area contributed by atoms with E-state index in [2.05, 4.69) is 69.7 Å². The van der Waals surface area contributed by atoms with Gasteiger partial charge in [0, 0.05) is 31.6 Å². The number of amides is 1. The first-order valence-corrected chi connectivity index (χ1v) is 11.1. The van der Waals surface area contributed by atoms with Crippen LogP contribution >= 0.6 is 0 Å². The molecule has 4 heteroatoms. The molecule has 1 heterocycles. The van der Waals surface area contributed by atoms with E-state index in [1.54, 1.807) is 0 Å². The Balaban J connectivity index is 1.23. The highest BCUT2D eigenvalue weighted by molar-refractivity contribution is 5.84. The number of hydrogen-bond donors (Lipinski definition) is 1. The van der Waals surface area contributed by atoms with Crippen LogP contribution in [0.4, 0.5) is 11.4 Å². The first-order valence-electron chi connectivity index (χ1n) is 11.1. The van der Waals surface area contributed by atoms with Crippen LogP contribution in [0.5, 0.6) is 0 Å². The molecule has 1 amide bonds. The van der Waals surface area contributed by atoms with Gasteiger partial charge in [0.15, 0.2) is 0 Å². The highest BCUT2D eigenvalue weighted by Crippen LogP contribution is 2.43. The summed E-state index contributed by atoms with van der Waals surface area (Å²) in [5.74, 6) is 1.01. The van der Waals surface area contributed by atoms with Crippen LogP contribution in [0, 0.1) is 5.92 Å². The van der Waals surface area contributed by atoms with Gasteiger partial charge in [-0.25, -0.2) is 0 Å². The summed E-state index contributed by atoms with van der Waals surface area (Å²) in [7, 11) is 0. The van der Waals surface area contributed by atoms with Gasteiger partial charge in [-0.2, -0.15) is 0 Å². The average Bonchev–Trinajstić information content (AvgIpc) is 3.54. The van der Waals surface area contributed by atoms with Crippen molar-refractivity contribution in [1.29, 1.82) is 0 Å². The largest absolute Gasteiger partial charge is 0.368 e. The summed E-state index contributed by atoms with van der Waals surface area (Å²) in [5.41, 5.74) is 4.00. The zero-order valence-corrected chi connectivity index (χ0v) is 17.1. The van der Waals surface area contributed by atoms with Crippen molar-refractivity contribution in [3.05, 3.63) is 60.2 Å². The van der Waals surface area contributed by atoms with Crippen molar-refractivity contribution < 1.29 is 4.79 Å². The highest BCUT2D eigenvalue weighted by Gasteiger charge is 2.39. The Labute approximate surface area is 173 Å². The van der Waals surface area contributed by atoms with Crippen LogP contribution in [0.1, 0.15) is 37.7 Å². The molecule has 0 atom stereocenters. The number of benzene rings is 2. The van der Waals surface area contributed by atoms with Crippen molar-refractivity contribution in [2.75, 3.05) is 42.5 Å². The lowest BCUT2D eigenvalue weighted by molar-refractivity contribution is -0.120. The standard InChI is InChI=1S/C25H31N3O/c29-24(26-19-25(13-6-14-25)21-7-2-1-3-8-21)18-28-16-15-27(17-20-11-12-20)22-9-4-5-10-23(22)28/h1-5,7-10,20H,6,11-19H2,(H,26,29). The Kier molecular flexibility index (Phi) is 4.94. The van der Waals surface area contributed by atoms with E-state index in [9.17, 15) is 4.79 Å². The van der Waals surface area contributed by atoms with E-state index in [4.69, 9.17) is 0 Å². The number of carbonyl (C=O) groups excluding carboxylic acids is 1. The average molecular weight is 390 g/mol. The molecule has 2 aromatic rings. The molecular formula is C25H31N3O. The lowest BCUT2D eigenvalue weighted by Gasteiger charge is -2.43. The zero-order chi connectivity index (χ0) is 19.7. The van der Waals surface area contributed by atoms with Gasteiger partial charge in [0.2, 0.25) is 5.91 Å². The molecule has 0 aromatic heterocycles. The van der Waals surface area contributed by atoms with Crippen molar-refractivity contribution in [2.24, 2.45) is 5.92 Å². The number of rotatable bonds is 7. The maximum Gasteiger partial charge on any atom is 0.239 e. The zero-order valence-electron chi connectivity index (χ0n) is 17.1. The minimum Gasteiger partial charge on any atom is -0.368 e. The van der Waals surface area contributed by atoms with Gasteiger partial charge in [-0.3, -0.25) is 4.79 Å². The molecule has 1 N–H and O–H groups in total. The maximum atomic E-state index is 12.8. The topological polar surface area (TPSA) is 35.6 Å². The first-order chi connectivity index (χ1) is 14.2. The predicted molar refractivity (Wildman–Crippen MR) is 119 cm³/mol. The molecule has 4 nitrogen and oxygen atoms in total. The molecule has 0 saturated heterocycles. The van der Waals surface area contributed by atoms with Gasteiger partial charge in [0.05, 0.1) is 17.9 Å². The molecule has 1 aliphatic heterocycles. The number of para-hydroxylation sites is 2. The molecule has 152 valence electrons.